The van der Waals surface area contributed by atoms with Gasteiger partial charge < -0.3 is 29.9 Å². The minimum atomic E-state index is -1.79. The summed E-state index contributed by atoms with van der Waals surface area (Å²) in [5.74, 6) is -2.73. The third-order valence-corrected chi connectivity index (χ3v) is 34.1. The van der Waals surface area contributed by atoms with Crippen LogP contribution in [-0.4, -0.2) is 64.1 Å². The van der Waals surface area contributed by atoms with E-state index in [4.69, 9.17) is 18.9 Å². The largest absolute Gasteiger partial charge is 0.494 e. The molecule has 17 rings (SSSR count). The molecule has 136 heavy (non-hydrogen) atoms. The van der Waals surface area contributed by atoms with Crippen molar-refractivity contribution < 1.29 is 110 Å². The molecular weight excluding hydrogens is 1770 g/mol. The van der Waals surface area contributed by atoms with Gasteiger partial charge in [-0.1, -0.05) is 154 Å². The van der Waals surface area contributed by atoms with Crippen LogP contribution in [0.3, 0.4) is 0 Å². The van der Waals surface area contributed by atoms with Crippen LogP contribution < -0.4 is 18.9 Å². The standard InChI is InChI=1S/C20H26F4O.C20H26F4.C20H28F2O.C20H26F2O.C20H28F2.C14H16F2O.2H2O.7H2/c1-11-3-5-12(6-4-11)13-7-8-14(18(22)17(13)21)15-9-10-16(25-2)20(24)19(15)23;1-11-3-6-13(7-4-11)14-9-10-16(20(24)18(14)22)15-8-5-12(2)17(21)19(15)23;2*1-13-3-5-14(6-4-13)15-7-9-16(10-8-15)17-11-12-18(23-2)20(22)19(17)21;1-13-3-6-15(7-4-13)16-8-10-17(11-9-16)18-12-5-14(2)19(21)20(18)22;1-9-3-5-10(6-4-9)11-7-8-12(17-2)14(16)13(11)15;;;;;;;;;/h9-14,17-18H,3-8H2,1-2H3;5,8,11,13-14,16,18,20H,3-4,6-7,9-10H2,1-2H3;11-16H,3-10H2,1-2H3;9,11-15H,3-8,10H2,1-2H3;5,12-13,15-17H,3-4,6-11H2,1-2H3;5,7-9H,3-4,6H2,1-2H3;2*1H2;7*1H/t11?,12?,13?,14-,17?,18?;;;;;;;;;;;;;;/m0............../s1. The van der Waals surface area contributed by atoms with Gasteiger partial charge in [-0.05, 0) is 381 Å². The summed E-state index contributed by atoms with van der Waals surface area (Å²) in [6, 6.07) is 18.5. The molecule has 10 atom stereocenters. The van der Waals surface area contributed by atoms with Gasteiger partial charge in [-0.25, -0.2) is 52.7 Å². The summed E-state index contributed by atoms with van der Waals surface area (Å²) in [4.78, 5) is 0. The first kappa shape index (κ1) is 111. The Morgan fingerprint density at radius 3 is 0.824 bits per heavy atom. The van der Waals surface area contributed by atoms with Crippen LogP contribution in [0.25, 0.3) is 11.1 Å². The van der Waals surface area contributed by atoms with E-state index in [1.54, 1.807) is 43.3 Å². The highest BCUT2D eigenvalue weighted by Crippen LogP contribution is 2.53. The van der Waals surface area contributed by atoms with Crippen molar-refractivity contribution in [2.75, 3.05) is 28.4 Å². The van der Waals surface area contributed by atoms with Crippen LogP contribution >= 0.6 is 0 Å². The van der Waals surface area contributed by atoms with Crippen molar-refractivity contribution in [1.29, 1.82) is 0 Å². The average molecular weight is 1940 g/mol. The van der Waals surface area contributed by atoms with Gasteiger partial charge in [0.05, 0.1) is 28.4 Å². The Balaban J connectivity index is 0.000000437. The molecule has 9 fully saturated rings. The molecule has 0 amide bonds. The molecule has 11 aliphatic rings. The molecule has 6 aromatic carbocycles. The van der Waals surface area contributed by atoms with Gasteiger partial charge in [0.1, 0.15) is 24.7 Å². The maximum Gasteiger partial charge on any atom is 0.201 e. The summed E-state index contributed by atoms with van der Waals surface area (Å²) in [7, 11) is 5.29. The first-order valence-electron chi connectivity index (χ1n) is 51.1. The van der Waals surface area contributed by atoms with Crippen molar-refractivity contribution >= 4 is 11.1 Å². The van der Waals surface area contributed by atoms with Gasteiger partial charge in [0, 0.05) is 32.9 Å². The molecule has 0 heterocycles. The smallest absolute Gasteiger partial charge is 0.201 e. The number of hydrogen-bond donors (Lipinski definition) is 0. The lowest BCUT2D eigenvalue weighted by atomic mass is 9.67. The fourth-order valence-corrected chi connectivity index (χ4v) is 25.0. The second-order valence-corrected chi connectivity index (χ2v) is 42.7. The summed E-state index contributed by atoms with van der Waals surface area (Å²) in [5.41, 5.74) is 4.28. The number of allylic oxidation sites excluding steroid dienone is 4. The molecule has 0 spiro atoms. The predicted molar refractivity (Wildman–Crippen MR) is 528 cm³/mol. The fourth-order valence-electron chi connectivity index (χ4n) is 25.0. The van der Waals surface area contributed by atoms with Crippen LogP contribution in [0.5, 0.6) is 23.0 Å². The van der Waals surface area contributed by atoms with Crippen LogP contribution in [0.1, 0.15) is 364 Å². The number of methoxy groups -OCH3 is 4. The van der Waals surface area contributed by atoms with E-state index in [2.05, 4.69) is 47.6 Å². The van der Waals surface area contributed by atoms with Crippen molar-refractivity contribution in [1.82, 2.24) is 0 Å². The van der Waals surface area contributed by atoms with Crippen molar-refractivity contribution in [3.63, 3.8) is 0 Å². The third kappa shape index (κ3) is 27.4. The van der Waals surface area contributed by atoms with Gasteiger partial charge in [-0.2, -0.15) is 17.6 Å². The van der Waals surface area contributed by atoms with E-state index in [0.29, 0.717) is 71.3 Å². The van der Waals surface area contributed by atoms with E-state index in [1.165, 1.54) is 162 Å². The fraction of sp³-hybridized carbons (Fsp3) is 0.649. The van der Waals surface area contributed by atoms with Gasteiger partial charge >= 0.3 is 0 Å². The lowest BCUT2D eigenvalue weighted by Crippen LogP contribution is -2.41. The Morgan fingerprint density at radius 1 is 0.235 bits per heavy atom. The molecule has 9 unspecified atom stereocenters. The molecule has 4 N–H and O–H groups in total. The Hall–Kier alpha value is -7.20. The SMILES string of the molecule is COc1ccc(C2=CCC(C)CC2)c(F)c1F.COc1ccc(C2=CCC(C3CCC(C)CC3)CC2)c(F)c1F.COc1ccc(C2CCC(C3CCC(C)CC3)CC2)c(F)c1F.COc1ccc([C@@H]2CCC(C3CCC(C)CC3)C(F)C2F)c(F)c1F.Cc1ccc(C2CCC(C3CCC(C)CC3)C(F)C2F)c(F)c1F.Cc1ccc(C2CCC(C3CCC(C)CC3)CC2)c(F)c1F.O.O.[HH].[HH].[HH].[HH].[HH].[HH].[HH]. The number of aryl methyl sites for hydroxylation is 2. The zero-order chi connectivity index (χ0) is 96.5. The Morgan fingerprint density at radius 2 is 0.500 bits per heavy atom. The molecule has 0 radical (unpaired) electrons. The van der Waals surface area contributed by atoms with Gasteiger partial charge in [-0.15, -0.1) is 0 Å². The Labute approximate surface area is 810 Å². The van der Waals surface area contributed by atoms with Crippen molar-refractivity contribution in [2.45, 2.75) is 348 Å². The van der Waals surface area contributed by atoms with Gasteiger partial charge in [0.2, 0.25) is 23.3 Å². The highest BCUT2D eigenvalue weighted by atomic mass is 19.2. The van der Waals surface area contributed by atoms with Crippen molar-refractivity contribution in [2.24, 2.45) is 94.7 Å². The summed E-state index contributed by atoms with van der Waals surface area (Å²) in [6.45, 7) is 16.7. The molecule has 6 aromatic rings. The number of ether oxygens (including phenoxy) is 4. The number of benzene rings is 6. The first-order valence-corrected chi connectivity index (χ1v) is 51.1. The predicted octanol–water partition coefficient (Wildman–Crippen LogP) is 34.9. The third-order valence-electron chi connectivity index (χ3n) is 34.1. The highest BCUT2D eigenvalue weighted by molar-refractivity contribution is 5.68. The first-order chi connectivity index (χ1) is 64.2. The Bertz CT molecular complexity index is 4830. The molecule has 0 bridgehead atoms. The van der Waals surface area contributed by atoms with Crippen LogP contribution in [0.4, 0.5) is 70.2 Å². The number of hydrogen-bond acceptors (Lipinski definition) is 4. The van der Waals surface area contributed by atoms with Crippen molar-refractivity contribution in [3.8, 4) is 23.0 Å². The molecule has 0 aromatic heterocycles. The van der Waals surface area contributed by atoms with E-state index in [9.17, 15) is 70.2 Å². The summed E-state index contributed by atoms with van der Waals surface area (Å²) < 4.78 is 246. The van der Waals surface area contributed by atoms with E-state index in [-0.39, 0.29) is 96.1 Å². The normalized spacial score (nSPS) is 31.3. The summed E-state index contributed by atoms with van der Waals surface area (Å²) >= 11 is 0. The summed E-state index contributed by atoms with van der Waals surface area (Å²) in [5, 5.41) is 0. The highest BCUT2D eigenvalue weighted by Gasteiger charge is 2.48. The van der Waals surface area contributed by atoms with Crippen LogP contribution in [-0.2, 0) is 0 Å². The zero-order valence-electron chi connectivity index (χ0n) is 82.5. The van der Waals surface area contributed by atoms with Gasteiger partial charge in [-0.3, -0.25) is 0 Å². The molecule has 11 aliphatic carbocycles. The number of halogens is 16. The maximum atomic E-state index is 14.8. The zero-order valence-corrected chi connectivity index (χ0v) is 82.5. The lowest BCUT2D eigenvalue weighted by Gasteiger charge is -2.41. The molecule has 22 heteroatoms. The van der Waals surface area contributed by atoms with E-state index >= 15 is 0 Å². The average Bonchev–Trinajstić information content (AvgIpc) is 0.781. The van der Waals surface area contributed by atoms with E-state index in [0.717, 1.165) is 193 Å². The molecular formula is C114H168F16O6. The maximum absolute atomic E-state index is 14.8. The van der Waals surface area contributed by atoms with E-state index in [1.807, 2.05) is 6.08 Å². The molecule has 772 valence electrons. The quantitative estimate of drug-likeness (QED) is 0.0956. The van der Waals surface area contributed by atoms with Crippen molar-refractivity contribution in [3.05, 3.63) is 199 Å². The molecule has 0 saturated heterocycles. The lowest BCUT2D eigenvalue weighted by molar-refractivity contribution is 0.00877. The minimum absolute atomic E-state index is 0. The number of rotatable bonds is 15. The molecule has 9 saturated carbocycles. The topological polar surface area (TPSA) is 99.9 Å². The van der Waals surface area contributed by atoms with Crippen LogP contribution in [0.2, 0.25) is 0 Å². The van der Waals surface area contributed by atoms with Gasteiger partial charge in [0.15, 0.2) is 69.5 Å². The molecule has 6 nitrogen and oxygen atoms in total. The van der Waals surface area contributed by atoms with Gasteiger partial charge in [0.25, 0.3) is 0 Å². The van der Waals surface area contributed by atoms with Crippen LogP contribution in [0, 0.1) is 178 Å². The van der Waals surface area contributed by atoms with Crippen LogP contribution in [0.15, 0.2) is 84.9 Å². The second-order valence-electron chi connectivity index (χ2n) is 42.7. The number of alkyl halides is 4. The second kappa shape index (κ2) is 52.0. The monoisotopic (exact) mass is 1940 g/mol. The summed E-state index contributed by atoms with van der Waals surface area (Å²) in [6.07, 6.45) is 38.1. The molecule has 0 aliphatic heterocycles. The minimum Gasteiger partial charge on any atom is -0.494 e. The van der Waals surface area contributed by atoms with E-state index < -0.39 is 106 Å². The Kier molecular flexibility index (Phi) is 42.4.